The Morgan fingerprint density at radius 1 is 1.31 bits per heavy atom. The predicted molar refractivity (Wildman–Crippen MR) is 113 cm³/mol. The van der Waals surface area contributed by atoms with Gasteiger partial charge in [-0.15, -0.1) is 0 Å². The Morgan fingerprint density at radius 2 is 2.14 bits per heavy atom. The molecule has 152 valence electrons. The molecule has 2 aromatic rings. The summed E-state index contributed by atoms with van der Waals surface area (Å²) in [4.78, 5) is 25.4. The Bertz CT molecular complexity index is 938. The van der Waals surface area contributed by atoms with Crippen molar-refractivity contribution >= 4 is 46.3 Å². The highest BCUT2D eigenvalue weighted by Gasteiger charge is 2.32. The number of thiocarbonyl (C=S) groups is 1. The molecule has 1 N–H and O–H groups in total. The average molecular weight is 434 g/mol. The Morgan fingerprint density at radius 3 is 2.83 bits per heavy atom. The van der Waals surface area contributed by atoms with Crippen molar-refractivity contribution in [2.24, 2.45) is 0 Å². The maximum atomic E-state index is 12.7. The van der Waals surface area contributed by atoms with Gasteiger partial charge < -0.3 is 19.0 Å². The number of hydrogen-bond donors (Lipinski definition) is 1. The number of carboxylic acid groups (broad SMARTS) is 1. The van der Waals surface area contributed by atoms with Crippen molar-refractivity contribution in [3.8, 4) is 11.5 Å². The van der Waals surface area contributed by atoms with Gasteiger partial charge in [0.1, 0.15) is 10.1 Å². The first-order chi connectivity index (χ1) is 14.0. The van der Waals surface area contributed by atoms with Gasteiger partial charge in [-0.05, 0) is 42.8 Å². The highest BCUT2D eigenvalue weighted by molar-refractivity contribution is 8.26. The number of ether oxygens (including phenoxy) is 2. The smallest absolute Gasteiger partial charge is 0.306 e. The van der Waals surface area contributed by atoms with Gasteiger partial charge in [0, 0.05) is 0 Å². The van der Waals surface area contributed by atoms with Gasteiger partial charge in [-0.3, -0.25) is 14.5 Å². The number of aliphatic carboxylic acids is 1. The molecule has 0 saturated carbocycles. The number of amides is 1. The van der Waals surface area contributed by atoms with Crippen molar-refractivity contribution in [3.63, 3.8) is 0 Å². The summed E-state index contributed by atoms with van der Waals surface area (Å²) in [6.07, 6.45) is 3.19. The quantitative estimate of drug-likeness (QED) is 0.470. The summed E-state index contributed by atoms with van der Waals surface area (Å²) in [6, 6.07) is 8.77. The zero-order valence-electron chi connectivity index (χ0n) is 15.6. The van der Waals surface area contributed by atoms with Gasteiger partial charge in [-0.2, -0.15) is 0 Å². The van der Waals surface area contributed by atoms with Crippen LogP contribution in [0.3, 0.4) is 0 Å². The molecule has 9 heteroatoms. The zero-order chi connectivity index (χ0) is 20.8. The lowest BCUT2D eigenvalue weighted by Crippen LogP contribution is -2.27. The summed E-state index contributed by atoms with van der Waals surface area (Å²) < 4.78 is 16.9. The van der Waals surface area contributed by atoms with Crippen molar-refractivity contribution in [3.05, 3.63) is 52.8 Å². The minimum Gasteiger partial charge on any atom is -0.490 e. The number of nitrogens with zero attached hydrogens (tertiary/aromatic N) is 1. The highest BCUT2D eigenvalue weighted by atomic mass is 32.2. The molecule has 1 fully saturated rings. The number of hydrogen-bond acceptors (Lipinski definition) is 7. The monoisotopic (exact) mass is 433 g/mol. The summed E-state index contributed by atoms with van der Waals surface area (Å²) >= 11 is 6.56. The van der Waals surface area contributed by atoms with E-state index in [1.807, 2.05) is 6.92 Å². The van der Waals surface area contributed by atoms with E-state index in [0.29, 0.717) is 33.1 Å². The standard InChI is InChI=1S/C20H19NO6S2/c1-2-25-16-10-13(5-6-15(16)27-9-7-18(22)23)11-17-19(24)21(20(28)29-17)12-14-4-3-8-26-14/h3-6,8,10-11H,2,7,9,12H2,1H3,(H,22,23)/b17-11+. The molecule has 1 aliphatic heterocycles. The maximum Gasteiger partial charge on any atom is 0.306 e. The van der Waals surface area contributed by atoms with Crippen LogP contribution in [0.5, 0.6) is 11.5 Å². The number of rotatable bonds is 9. The minimum atomic E-state index is -0.934. The number of furan rings is 1. The molecule has 2 heterocycles. The number of carbonyl (C=O) groups excluding carboxylic acids is 1. The Labute approximate surface area is 177 Å². The van der Waals surface area contributed by atoms with Crippen LogP contribution in [0.25, 0.3) is 6.08 Å². The normalized spacial score (nSPS) is 15.2. The molecule has 0 bridgehead atoms. The van der Waals surface area contributed by atoms with Gasteiger partial charge in [-0.25, -0.2) is 0 Å². The van der Waals surface area contributed by atoms with E-state index in [1.54, 1.807) is 42.7 Å². The van der Waals surface area contributed by atoms with Crippen LogP contribution in [-0.4, -0.2) is 39.4 Å². The molecule has 1 aromatic heterocycles. The number of carbonyl (C=O) groups is 2. The number of benzene rings is 1. The summed E-state index contributed by atoms with van der Waals surface area (Å²) in [5.74, 6) is 0.477. The van der Waals surface area contributed by atoms with Gasteiger partial charge in [0.2, 0.25) is 0 Å². The Hall–Kier alpha value is -2.78. The summed E-state index contributed by atoms with van der Waals surface area (Å²) in [5, 5.41) is 8.74. The molecule has 29 heavy (non-hydrogen) atoms. The third-order valence-electron chi connectivity index (χ3n) is 3.91. The summed E-state index contributed by atoms with van der Waals surface area (Å²) in [5.41, 5.74) is 0.748. The largest absolute Gasteiger partial charge is 0.490 e. The maximum absolute atomic E-state index is 12.7. The molecule has 1 amide bonds. The molecule has 1 aliphatic rings. The summed E-state index contributed by atoms with van der Waals surface area (Å²) in [7, 11) is 0. The SMILES string of the molecule is CCOc1cc(/C=C2/SC(=S)N(Cc3ccco3)C2=O)ccc1OCCC(=O)O. The second kappa shape index (κ2) is 9.62. The van der Waals surface area contributed by atoms with Gasteiger partial charge in [0.25, 0.3) is 5.91 Å². The fourth-order valence-corrected chi connectivity index (χ4v) is 3.85. The van der Waals surface area contributed by atoms with E-state index in [1.165, 1.54) is 16.7 Å². The Balaban J connectivity index is 1.76. The topological polar surface area (TPSA) is 89.2 Å². The van der Waals surface area contributed by atoms with E-state index in [2.05, 4.69) is 0 Å². The van der Waals surface area contributed by atoms with Crippen molar-refractivity contribution in [1.82, 2.24) is 4.90 Å². The van der Waals surface area contributed by atoms with Gasteiger partial charge in [0.05, 0.1) is 37.3 Å². The van der Waals surface area contributed by atoms with E-state index in [4.69, 9.17) is 31.2 Å². The summed E-state index contributed by atoms with van der Waals surface area (Å²) in [6.45, 7) is 2.59. The first-order valence-electron chi connectivity index (χ1n) is 8.87. The van der Waals surface area contributed by atoms with Crippen LogP contribution < -0.4 is 9.47 Å². The van der Waals surface area contributed by atoms with Gasteiger partial charge in [0.15, 0.2) is 11.5 Å². The third-order valence-corrected chi connectivity index (χ3v) is 5.28. The average Bonchev–Trinajstić information content (AvgIpc) is 3.28. The molecule has 0 aliphatic carbocycles. The fraction of sp³-hybridized carbons (Fsp3) is 0.250. The van der Waals surface area contributed by atoms with Crippen LogP contribution in [0.4, 0.5) is 0 Å². The molecule has 3 rings (SSSR count). The van der Waals surface area contributed by atoms with Gasteiger partial charge >= 0.3 is 5.97 Å². The fourth-order valence-electron chi connectivity index (χ4n) is 2.60. The lowest BCUT2D eigenvalue weighted by molar-refractivity contribution is -0.137. The van der Waals surface area contributed by atoms with Crippen LogP contribution in [0.15, 0.2) is 45.9 Å². The molecule has 0 radical (unpaired) electrons. The zero-order valence-corrected chi connectivity index (χ0v) is 17.3. The van der Waals surface area contributed by atoms with E-state index >= 15 is 0 Å². The van der Waals surface area contributed by atoms with Crippen LogP contribution in [-0.2, 0) is 16.1 Å². The number of carboxylic acids is 1. The van der Waals surface area contributed by atoms with Crippen molar-refractivity contribution in [2.75, 3.05) is 13.2 Å². The highest BCUT2D eigenvalue weighted by Crippen LogP contribution is 2.35. The lowest BCUT2D eigenvalue weighted by atomic mass is 10.2. The van der Waals surface area contributed by atoms with Crippen molar-refractivity contribution in [2.45, 2.75) is 19.9 Å². The van der Waals surface area contributed by atoms with Crippen LogP contribution in [0.2, 0.25) is 0 Å². The Kier molecular flexibility index (Phi) is 6.95. The van der Waals surface area contributed by atoms with E-state index in [-0.39, 0.29) is 25.5 Å². The van der Waals surface area contributed by atoms with E-state index in [0.717, 1.165) is 5.56 Å². The predicted octanol–water partition coefficient (Wildman–Crippen LogP) is 3.93. The second-order valence-electron chi connectivity index (χ2n) is 5.98. The van der Waals surface area contributed by atoms with E-state index < -0.39 is 5.97 Å². The van der Waals surface area contributed by atoms with Crippen LogP contribution in [0.1, 0.15) is 24.7 Å². The molecule has 1 saturated heterocycles. The first kappa shape index (κ1) is 20.9. The minimum absolute atomic E-state index is 0.0419. The molecular weight excluding hydrogens is 414 g/mol. The molecule has 7 nitrogen and oxygen atoms in total. The molecule has 0 unspecified atom stereocenters. The molecular formula is C20H19NO6S2. The first-order valence-corrected chi connectivity index (χ1v) is 10.1. The van der Waals surface area contributed by atoms with E-state index in [9.17, 15) is 9.59 Å². The third kappa shape index (κ3) is 5.39. The van der Waals surface area contributed by atoms with Crippen LogP contribution in [0, 0.1) is 0 Å². The van der Waals surface area contributed by atoms with Gasteiger partial charge in [-0.1, -0.05) is 30.0 Å². The lowest BCUT2D eigenvalue weighted by Gasteiger charge is -2.12. The van der Waals surface area contributed by atoms with Crippen molar-refractivity contribution < 1.29 is 28.6 Å². The molecule has 0 spiro atoms. The number of thioether (sulfide) groups is 1. The molecule has 0 atom stereocenters. The van der Waals surface area contributed by atoms with Crippen molar-refractivity contribution in [1.29, 1.82) is 0 Å². The van der Waals surface area contributed by atoms with Crippen LogP contribution >= 0.6 is 24.0 Å². The molecule has 1 aromatic carbocycles. The second-order valence-corrected chi connectivity index (χ2v) is 7.65.